The molecular formula is C18H17N3O4S2. The minimum Gasteiger partial charge on any atom is -0.462 e. The van der Waals surface area contributed by atoms with E-state index in [-0.39, 0.29) is 18.7 Å². The number of carbonyl (C=O) groups excluding carboxylic acids is 2. The van der Waals surface area contributed by atoms with Gasteiger partial charge in [0.2, 0.25) is 5.91 Å². The number of thiophene rings is 2. The predicted molar refractivity (Wildman–Crippen MR) is 105 cm³/mol. The van der Waals surface area contributed by atoms with Gasteiger partial charge in [0.25, 0.3) is 5.56 Å². The van der Waals surface area contributed by atoms with Gasteiger partial charge in [-0.2, -0.15) is 0 Å². The van der Waals surface area contributed by atoms with Crippen molar-refractivity contribution in [2.45, 2.75) is 32.7 Å². The second-order valence-corrected chi connectivity index (χ2v) is 8.15. The first kappa shape index (κ1) is 17.9. The van der Waals surface area contributed by atoms with Crippen LogP contribution in [-0.4, -0.2) is 28.0 Å². The molecule has 0 spiro atoms. The maximum Gasteiger partial charge on any atom is 0.341 e. The molecule has 0 saturated heterocycles. The minimum atomic E-state index is -0.483. The lowest BCUT2D eigenvalue weighted by Crippen LogP contribution is -2.28. The minimum absolute atomic E-state index is 0.160. The second kappa shape index (κ2) is 7.24. The quantitative estimate of drug-likeness (QED) is 0.662. The summed E-state index contributed by atoms with van der Waals surface area (Å²) in [6, 6.07) is 1.60. The number of aryl methyl sites for hydroxylation is 2. The molecule has 0 bridgehead atoms. The zero-order valence-corrected chi connectivity index (χ0v) is 16.2. The average Bonchev–Trinajstić information content (AvgIpc) is 3.33. The molecule has 3 aromatic heterocycles. The van der Waals surface area contributed by atoms with Crippen molar-refractivity contribution >= 4 is 49.8 Å². The summed E-state index contributed by atoms with van der Waals surface area (Å²) in [6.45, 7) is 1.82. The van der Waals surface area contributed by atoms with E-state index >= 15 is 0 Å². The van der Waals surface area contributed by atoms with Crippen LogP contribution < -0.4 is 10.9 Å². The van der Waals surface area contributed by atoms with Crippen LogP contribution in [0, 0.1) is 0 Å². The molecule has 0 fully saturated rings. The van der Waals surface area contributed by atoms with E-state index in [1.807, 2.05) is 0 Å². The third-order valence-electron chi connectivity index (χ3n) is 4.42. The largest absolute Gasteiger partial charge is 0.462 e. The van der Waals surface area contributed by atoms with Gasteiger partial charge in [0, 0.05) is 4.88 Å². The highest BCUT2D eigenvalue weighted by atomic mass is 32.1. The van der Waals surface area contributed by atoms with E-state index in [0.29, 0.717) is 16.0 Å². The van der Waals surface area contributed by atoms with E-state index in [9.17, 15) is 14.4 Å². The standard InChI is InChI=1S/C18H17N3O4S2/c1-2-25-18(24)11-6-7-26-15(11)20-13(22)8-21-9-19-16-14(17(21)23)10-4-3-5-12(10)27-16/h6-7,9H,2-5,8H2,1H3,(H,20,22). The molecule has 9 heteroatoms. The number of fused-ring (bicyclic) bond motifs is 3. The zero-order chi connectivity index (χ0) is 19.0. The second-order valence-electron chi connectivity index (χ2n) is 6.15. The van der Waals surface area contributed by atoms with Crippen LogP contribution in [0.4, 0.5) is 5.00 Å². The number of nitrogens with zero attached hydrogens (tertiary/aromatic N) is 2. The fourth-order valence-corrected chi connectivity index (χ4v) is 5.24. The Kier molecular flexibility index (Phi) is 4.79. The molecule has 3 heterocycles. The molecule has 0 atom stereocenters. The Morgan fingerprint density at radius 3 is 3.04 bits per heavy atom. The highest BCUT2D eigenvalue weighted by molar-refractivity contribution is 7.18. The van der Waals surface area contributed by atoms with Crippen LogP contribution in [0.5, 0.6) is 0 Å². The molecule has 140 valence electrons. The number of aromatic nitrogens is 2. The van der Waals surface area contributed by atoms with Crippen LogP contribution in [0.25, 0.3) is 10.2 Å². The van der Waals surface area contributed by atoms with Crippen LogP contribution in [0.1, 0.15) is 34.1 Å². The molecule has 0 saturated carbocycles. The Labute approximate surface area is 162 Å². The number of esters is 1. The van der Waals surface area contributed by atoms with Gasteiger partial charge in [0.1, 0.15) is 16.4 Å². The van der Waals surface area contributed by atoms with Crippen LogP contribution in [0.2, 0.25) is 0 Å². The number of hydrogen-bond acceptors (Lipinski definition) is 7. The molecule has 1 amide bonds. The van der Waals surface area contributed by atoms with Gasteiger partial charge >= 0.3 is 5.97 Å². The molecule has 1 aliphatic carbocycles. The molecule has 0 unspecified atom stereocenters. The number of carbonyl (C=O) groups is 2. The van der Waals surface area contributed by atoms with Crippen molar-refractivity contribution in [1.29, 1.82) is 0 Å². The summed E-state index contributed by atoms with van der Waals surface area (Å²) in [7, 11) is 0. The van der Waals surface area contributed by atoms with Gasteiger partial charge in [0.15, 0.2) is 0 Å². The van der Waals surface area contributed by atoms with Gasteiger partial charge in [0.05, 0.1) is 23.9 Å². The van der Waals surface area contributed by atoms with Crippen molar-refractivity contribution < 1.29 is 14.3 Å². The topological polar surface area (TPSA) is 90.3 Å². The number of rotatable bonds is 5. The maximum atomic E-state index is 12.8. The molecule has 0 aromatic carbocycles. The Morgan fingerprint density at radius 1 is 1.37 bits per heavy atom. The highest BCUT2D eigenvalue weighted by Gasteiger charge is 2.22. The first-order valence-corrected chi connectivity index (χ1v) is 10.3. The fraction of sp³-hybridized carbons (Fsp3) is 0.333. The summed E-state index contributed by atoms with van der Waals surface area (Å²) in [5, 5.41) is 5.46. The van der Waals surface area contributed by atoms with Gasteiger partial charge in [-0.3, -0.25) is 14.2 Å². The van der Waals surface area contributed by atoms with Crippen molar-refractivity contribution in [1.82, 2.24) is 9.55 Å². The summed E-state index contributed by atoms with van der Waals surface area (Å²) in [4.78, 5) is 43.5. The van der Waals surface area contributed by atoms with Crippen molar-refractivity contribution in [2.24, 2.45) is 0 Å². The van der Waals surface area contributed by atoms with Gasteiger partial charge in [-0.05, 0) is 43.2 Å². The number of ether oxygens (including phenoxy) is 1. The number of amides is 1. The number of anilines is 1. The van der Waals surface area contributed by atoms with Crippen LogP contribution in [0.15, 0.2) is 22.6 Å². The third-order valence-corrected chi connectivity index (χ3v) is 6.45. The fourth-order valence-electron chi connectivity index (χ4n) is 3.23. The van der Waals surface area contributed by atoms with E-state index in [4.69, 9.17) is 4.74 Å². The van der Waals surface area contributed by atoms with Gasteiger partial charge < -0.3 is 10.1 Å². The first-order chi connectivity index (χ1) is 13.1. The van der Waals surface area contributed by atoms with Crippen LogP contribution in [0.3, 0.4) is 0 Å². The molecule has 1 aliphatic rings. The monoisotopic (exact) mass is 403 g/mol. The van der Waals surface area contributed by atoms with Crippen molar-refractivity contribution in [2.75, 3.05) is 11.9 Å². The number of nitrogens with one attached hydrogen (secondary N) is 1. The Hall–Kier alpha value is -2.52. The highest BCUT2D eigenvalue weighted by Crippen LogP contribution is 2.34. The molecule has 4 rings (SSSR count). The van der Waals surface area contributed by atoms with Crippen molar-refractivity contribution in [3.05, 3.63) is 44.1 Å². The maximum absolute atomic E-state index is 12.8. The normalized spacial score (nSPS) is 12.9. The average molecular weight is 403 g/mol. The Bertz CT molecular complexity index is 1100. The van der Waals surface area contributed by atoms with Gasteiger partial charge in [-0.1, -0.05) is 0 Å². The van der Waals surface area contributed by atoms with Crippen LogP contribution >= 0.6 is 22.7 Å². The van der Waals surface area contributed by atoms with Crippen LogP contribution in [-0.2, 0) is 28.9 Å². The molecule has 7 nitrogen and oxygen atoms in total. The molecule has 27 heavy (non-hydrogen) atoms. The predicted octanol–water partition coefficient (Wildman–Crippen LogP) is 2.82. The van der Waals surface area contributed by atoms with Crippen molar-refractivity contribution in [3.8, 4) is 0 Å². The van der Waals surface area contributed by atoms with E-state index in [1.54, 1.807) is 29.7 Å². The number of hydrogen-bond donors (Lipinski definition) is 1. The zero-order valence-electron chi connectivity index (χ0n) is 14.6. The van der Waals surface area contributed by atoms with E-state index < -0.39 is 11.9 Å². The molecule has 0 aliphatic heterocycles. The Balaban J connectivity index is 1.56. The summed E-state index contributed by atoms with van der Waals surface area (Å²) in [5.41, 5.74) is 1.21. The molecule has 1 N–H and O–H groups in total. The SMILES string of the molecule is CCOC(=O)c1ccsc1NC(=O)Cn1cnc2sc3c(c2c1=O)CCC3. The Morgan fingerprint density at radius 2 is 2.22 bits per heavy atom. The third kappa shape index (κ3) is 3.28. The first-order valence-electron chi connectivity index (χ1n) is 8.62. The van der Waals surface area contributed by atoms with Crippen molar-refractivity contribution in [3.63, 3.8) is 0 Å². The van der Waals surface area contributed by atoms with E-state index in [0.717, 1.165) is 29.7 Å². The molecule has 0 radical (unpaired) electrons. The van der Waals surface area contributed by atoms with Gasteiger partial charge in [-0.15, -0.1) is 22.7 Å². The molecule has 3 aromatic rings. The smallest absolute Gasteiger partial charge is 0.341 e. The van der Waals surface area contributed by atoms with E-state index in [1.165, 1.54) is 27.1 Å². The summed E-state index contributed by atoms with van der Waals surface area (Å²) >= 11 is 2.80. The lowest BCUT2D eigenvalue weighted by Gasteiger charge is -2.08. The summed E-state index contributed by atoms with van der Waals surface area (Å²) in [6.07, 6.45) is 4.35. The lowest BCUT2D eigenvalue weighted by molar-refractivity contribution is -0.116. The van der Waals surface area contributed by atoms with E-state index in [2.05, 4.69) is 10.3 Å². The molecular weight excluding hydrogens is 386 g/mol. The summed E-state index contributed by atoms with van der Waals surface area (Å²) < 4.78 is 6.30. The van der Waals surface area contributed by atoms with Gasteiger partial charge in [-0.25, -0.2) is 9.78 Å². The lowest BCUT2D eigenvalue weighted by atomic mass is 10.2. The summed E-state index contributed by atoms with van der Waals surface area (Å²) in [5.74, 6) is -0.874.